The molecular formula is C12H20N2O3. The van der Waals surface area contributed by atoms with Crippen molar-refractivity contribution >= 4 is 11.9 Å². The molecule has 5 nitrogen and oxygen atoms in total. The molecule has 3 unspecified atom stereocenters. The molecule has 2 aliphatic rings. The van der Waals surface area contributed by atoms with Gasteiger partial charge in [-0.15, -0.1) is 0 Å². The number of primary amides is 1. The molecule has 0 aromatic rings. The standard InChI is InChI=1S/C12H20N2O3/c1-7(12(13)17)14-9-2-3-10(14)5-8(4-9)6-11(15)16/h7-10H,2-6H2,1H3,(H2,13,17)(H,15,16). The normalized spacial score (nSPS) is 34.5. The van der Waals surface area contributed by atoms with Gasteiger partial charge in [-0.05, 0) is 38.5 Å². The van der Waals surface area contributed by atoms with Gasteiger partial charge in [0.05, 0.1) is 6.04 Å². The molecule has 17 heavy (non-hydrogen) atoms. The second-order valence-electron chi connectivity index (χ2n) is 5.35. The van der Waals surface area contributed by atoms with Crippen molar-refractivity contribution in [3.05, 3.63) is 0 Å². The summed E-state index contributed by atoms with van der Waals surface area (Å²) in [6, 6.07) is 0.472. The van der Waals surface area contributed by atoms with E-state index in [1.807, 2.05) is 6.92 Å². The zero-order chi connectivity index (χ0) is 12.6. The molecule has 3 N–H and O–H groups in total. The van der Waals surface area contributed by atoms with Crippen molar-refractivity contribution in [2.75, 3.05) is 0 Å². The van der Waals surface area contributed by atoms with E-state index in [0.717, 1.165) is 25.7 Å². The number of hydrogen-bond acceptors (Lipinski definition) is 3. The highest BCUT2D eigenvalue weighted by molar-refractivity contribution is 5.79. The van der Waals surface area contributed by atoms with Crippen LogP contribution in [0.2, 0.25) is 0 Å². The molecule has 0 aromatic carbocycles. The van der Waals surface area contributed by atoms with Crippen molar-refractivity contribution in [3.63, 3.8) is 0 Å². The molecule has 5 heteroatoms. The van der Waals surface area contributed by atoms with Crippen LogP contribution in [-0.4, -0.2) is 40.0 Å². The first-order valence-corrected chi connectivity index (χ1v) is 6.27. The molecule has 1 amide bonds. The Kier molecular flexibility index (Phi) is 3.38. The van der Waals surface area contributed by atoms with Gasteiger partial charge in [0, 0.05) is 18.5 Å². The van der Waals surface area contributed by atoms with Crippen molar-refractivity contribution in [1.82, 2.24) is 4.90 Å². The maximum atomic E-state index is 11.3. The number of hydrogen-bond donors (Lipinski definition) is 2. The lowest BCUT2D eigenvalue weighted by molar-refractivity contribution is -0.139. The van der Waals surface area contributed by atoms with E-state index >= 15 is 0 Å². The summed E-state index contributed by atoms with van der Waals surface area (Å²) in [6.45, 7) is 1.85. The van der Waals surface area contributed by atoms with Crippen molar-refractivity contribution in [3.8, 4) is 0 Å². The monoisotopic (exact) mass is 240 g/mol. The number of carboxylic acids is 1. The Morgan fingerprint density at radius 3 is 2.29 bits per heavy atom. The average Bonchev–Trinajstić information content (AvgIpc) is 2.48. The van der Waals surface area contributed by atoms with E-state index in [2.05, 4.69) is 4.90 Å². The third-order valence-corrected chi connectivity index (χ3v) is 4.21. The number of carboxylic acid groups (broad SMARTS) is 1. The maximum Gasteiger partial charge on any atom is 0.303 e. The van der Waals surface area contributed by atoms with Crippen molar-refractivity contribution in [1.29, 1.82) is 0 Å². The molecule has 0 aliphatic carbocycles. The van der Waals surface area contributed by atoms with E-state index in [0.29, 0.717) is 12.1 Å². The van der Waals surface area contributed by atoms with Crippen LogP contribution in [0.25, 0.3) is 0 Å². The molecule has 0 aromatic heterocycles. The number of carbonyl (C=O) groups is 2. The van der Waals surface area contributed by atoms with Crippen LogP contribution in [-0.2, 0) is 9.59 Å². The SMILES string of the molecule is CC(C(N)=O)N1C2CCC1CC(CC(=O)O)C2. The fraction of sp³-hybridized carbons (Fsp3) is 0.833. The number of piperidine rings is 1. The molecule has 0 spiro atoms. The van der Waals surface area contributed by atoms with Crippen LogP contribution in [0.5, 0.6) is 0 Å². The Labute approximate surface area is 101 Å². The summed E-state index contributed by atoms with van der Waals surface area (Å²) in [7, 11) is 0. The summed E-state index contributed by atoms with van der Waals surface area (Å²) >= 11 is 0. The molecule has 96 valence electrons. The Morgan fingerprint density at radius 1 is 1.35 bits per heavy atom. The highest BCUT2D eigenvalue weighted by Gasteiger charge is 2.44. The number of aliphatic carboxylic acids is 1. The number of amides is 1. The fourth-order valence-corrected chi connectivity index (χ4v) is 3.52. The van der Waals surface area contributed by atoms with Gasteiger partial charge in [0.25, 0.3) is 0 Å². The summed E-state index contributed by atoms with van der Waals surface area (Å²) in [5, 5.41) is 8.83. The molecule has 3 atom stereocenters. The number of carbonyl (C=O) groups excluding carboxylic acids is 1. The van der Waals surface area contributed by atoms with E-state index in [9.17, 15) is 9.59 Å². The fourth-order valence-electron chi connectivity index (χ4n) is 3.52. The Bertz CT molecular complexity index is 318. The maximum absolute atomic E-state index is 11.3. The van der Waals surface area contributed by atoms with E-state index < -0.39 is 5.97 Å². The smallest absolute Gasteiger partial charge is 0.303 e. The molecule has 2 heterocycles. The van der Waals surface area contributed by atoms with Gasteiger partial charge in [0.1, 0.15) is 0 Å². The molecule has 2 rings (SSSR count). The molecule has 2 fully saturated rings. The average molecular weight is 240 g/mol. The zero-order valence-corrected chi connectivity index (χ0v) is 10.1. The van der Waals surface area contributed by atoms with Crippen LogP contribution in [0.1, 0.15) is 39.0 Å². The highest BCUT2D eigenvalue weighted by Crippen LogP contribution is 2.40. The second-order valence-corrected chi connectivity index (χ2v) is 5.35. The topological polar surface area (TPSA) is 83.6 Å². The van der Waals surface area contributed by atoms with Crippen molar-refractivity contribution < 1.29 is 14.7 Å². The van der Waals surface area contributed by atoms with Crippen LogP contribution in [0, 0.1) is 5.92 Å². The summed E-state index contributed by atoms with van der Waals surface area (Å²) < 4.78 is 0. The minimum Gasteiger partial charge on any atom is -0.481 e. The van der Waals surface area contributed by atoms with Crippen molar-refractivity contribution in [2.24, 2.45) is 11.7 Å². The third-order valence-electron chi connectivity index (χ3n) is 4.21. The Morgan fingerprint density at radius 2 is 1.88 bits per heavy atom. The van der Waals surface area contributed by atoms with Gasteiger partial charge in [-0.2, -0.15) is 0 Å². The summed E-state index contributed by atoms with van der Waals surface area (Å²) in [4.78, 5) is 24.2. The lowest BCUT2D eigenvalue weighted by Crippen LogP contribution is -2.52. The molecule has 2 bridgehead atoms. The minimum absolute atomic E-state index is 0.224. The van der Waals surface area contributed by atoms with E-state index in [1.54, 1.807) is 0 Å². The molecule has 0 radical (unpaired) electrons. The van der Waals surface area contributed by atoms with Crippen LogP contribution < -0.4 is 5.73 Å². The Hall–Kier alpha value is -1.10. The zero-order valence-electron chi connectivity index (χ0n) is 10.1. The van der Waals surface area contributed by atoms with Crippen LogP contribution in [0.4, 0.5) is 0 Å². The molecule has 0 saturated carbocycles. The first kappa shape index (κ1) is 12.4. The predicted molar refractivity (Wildman–Crippen MR) is 62.3 cm³/mol. The van der Waals surface area contributed by atoms with Gasteiger partial charge in [-0.1, -0.05) is 0 Å². The summed E-state index contributed by atoms with van der Waals surface area (Å²) in [5.41, 5.74) is 5.36. The van der Waals surface area contributed by atoms with Gasteiger partial charge in [-0.3, -0.25) is 14.5 Å². The van der Waals surface area contributed by atoms with Crippen LogP contribution in [0.15, 0.2) is 0 Å². The van der Waals surface area contributed by atoms with Gasteiger partial charge < -0.3 is 10.8 Å². The van der Waals surface area contributed by atoms with Crippen LogP contribution >= 0.6 is 0 Å². The number of rotatable bonds is 4. The Balaban J connectivity index is 2.02. The quantitative estimate of drug-likeness (QED) is 0.752. The van der Waals surface area contributed by atoms with Gasteiger partial charge >= 0.3 is 5.97 Å². The second kappa shape index (κ2) is 4.64. The minimum atomic E-state index is -0.717. The lowest BCUT2D eigenvalue weighted by atomic mass is 9.87. The summed E-state index contributed by atoms with van der Waals surface area (Å²) in [5.74, 6) is -0.731. The van der Waals surface area contributed by atoms with Crippen LogP contribution in [0.3, 0.4) is 0 Å². The summed E-state index contributed by atoms with van der Waals surface area (Å²) in [6.07, 6.45) is 4.17. The molecule has 2 aliphatic heterocycles. The molecule has 2 saturated heterocycles. The van der Waals surface area contributed by atoms with Gasteiger partial charge in [0.2, 0.25) is 5.91 Å². The first-order chi connectivity index (χ1) is 7.99. The number of nitrogens with zero attached hydrogens (tertiary/aromatic N) is 1. The van der Waals surface area contributed by atoms with E-state index in [4.69, 9.17) is 10.8 Å². The van der Waals surface area contributed by atoms with Crippen molar-refractivity contribution in [2.45, 2.75) is 57.2 Å². The predicted octanol–water partition coefficient (Wildman–Crippen LogP) is 0.578. The van der Waals surface area contributed by atoms with E-state index in [-0.39, 0.29) is 24.3 Å². The largest absolute Gasteiger partial charge is 0.481 e. The van der Waals surface area contributed by atoms with Gasteiger partial charge in [-0.25, -0.2) is 0 Å². The first-order valence-electron chi connectivity index (χ1n) is 6.27. The third kappa shape index (κ3) is 2.44. The highest BCUT2D eigenvalue weighted by atomic mass is 16.4. The lowest BCUT2D eigenvalue weighted by Gasteiger charge is -2.41. The van der Waals surface area contributed by atoms with E-state index in [1.165, 1.54) is 0 Å². The number of nitrogens with two attached hydrogens (primary N) is 1. The molecular weight excluding hydrogens is 220 g/mol. The number of fused-ring (bicyclic) bond motifs is 2. The van der Waals surface area contributed by atoms with Gasteiger partial charge in [0.15, 0.2) is 0 Å².